The van der Waals surface area contributed by atoms with Gasteiger partial charge in [-0.2, -0.15) is 0 Å². The first-order valence-corrected chi connectivity index (χ1v) is 18.2. The van der Waals surface area contributed by atoms with Gasteiger partial charge in [0.25, 0.3) is 0 Å². The standard InChI is InChI=1S/C46H29NS2/c1-2-9-32-26-34(17-16-30(32)8-1)31-18-21-36(22-19-31)47(38-23-24-41-39-12-3-5-14-43(39)49-46(41)29-38)37-11-7-10-33(27-37)35-20-25-45-42(28-35)40-13-4-6-15-44(40)48-45/h1-29H. The van der Waals surface area contributed by atoms with Crippen LogP contribution in [0.25, 0.3) is 73.4 Å². The lowest BCUT2D eigenvalue weighted by Gasteiger charge is -2.26. The van der Waals surface area contributed by atoms with E-state index in [4.69, 9.17) is 0 Å². The molecule has 10 rings (SSSR count). The molecule has 1 nitrogen and oxygen atoms in total. The van der Waals surface area contributed by atoms with Gasteiger partial charge in [0.2, 0.25) is 0 Å². The van der Waals surface area contributed by atoms with Crippen LogP contribution < -0.4 is 4.90 Å². The molecule has 0 aliphatic heterocycles. The van der Waals surface area contributed by atoms with Crippen LogP contribution in [0.2, 0.25) is 0 Å². The highest BCUT2D eigenvalue weighted by Crippen LogP contribution is 2.43. The highest BCUT2D eigenvalue weighted by atomic mass is 32.1. The van der Waals surface area contributed by atoms with Crippen molar-refractivity contribution >= 4 is 90.9 Å². The van der Waals surface area contributed by atoms with E-state index < -0.39 is 0 Å². The summed E-state index contributed by atoms with van der Waals surface area (Å²) in [5.74, 6) is 0. The third-order valence-electron chi connectivity index (χ3n) is 9.64. The molecule has 49 heavy (non-hydrogen) atoms. The molecule has 0 fully saturated rings. The van der Waals surface area contributed by atoms with E-state index in [1.165, 1.54) is 73.4 Å². The van der Waals surface area contributed by atoms with Crippen LogP contribution in [0.5, 0.6) is 0 Å². The van der Waals surface area contributed by atoms with E-state index in [-0.39, 0.29) is 0 Å². The molecule has 2 heterocycles. The molecule has 0 saturated carbocycles. The maximum Gasteiger partial charge on any atom is 0.0476 e. The fourth-order valence-electron chi connectivity index (χ4n) is 7.20. The maximum atomic E-state index is 2.40. The van der Waals surface area contributed by atoms with Crippen molar-refractivity contribution in [3.63, 3.8) is 0 Å². The van der Waals surface area contributed by atoms with Gasteiger partial charge < -0.3 is 4.90 Å². The maximum absolute atomic E-state index is 2.40. The lowest BCUT2D eigenvalue weighted by atomic mass is 10.00. The normalized spacial score (nSPS) is 11.7. The van der Waals surface area contributed by atoms with Crippen molar-refractivity contribution in [2.45, 2.75) is 0 Å². The Balaban J connectivity index is 1.10. The predicted molar refractivity (Wildman–Crippen MR) is 215 cm³/mol. The summed E-state index contributed by atoms with van der Waals surface area (Å²) < 4.78 is 5.27. The van der Waals surface area contributed by atoms with Gasteiger partial charge in [0.05, 0.1) is 0 Å². The van der Waals surface area contributed by atoms with Gasteiger partial charge in [0.15, 0.2) is 0 Å². The van der Waals surface area contributed by atoms with E-state index >= 15 is 0 Å². The molecule has 0 saturated heterocycles. The molecule has 8 aromatic carbocycles. The molecular formula is C46H29NS2. The van der Waals surface area contributed by atoms with Crippen LogP contribution in [0.1, 0.15) is 0 Å². The third-order valence-corrected chi connectivity index (χ3v) is 11.9. The summed E-state index contributed by atoms with van der Waals surface area (Å²) in [6, 6.07) is 64.6. The van der Waals surface area contributed by atoms with Crippen LogP contribution >= 0.6 is 22.7 Å². The Hall–Kier alpha value is -5.74. The SMILES string of the molecule is c1cc(-c2ccc3sc4ccccc4c3c2)cc(N(c2ccc(-c3ccc4ccccc4c3)cc2)c2ccc3c(c2)sc2ccccc23)c1. The topological polar surface area (TPSA) is 3.24 Å². The fourth-order valence-corrected chi connectivity index (χ4v) is 9.43. The van der Waals surface area contributed by atoms with Gasteiger partial charge >= 0.3 is 0 Å². The van der Waals surface area contributed by atoms with E-state index in [1.807, 2.05) is 22.7 Å². The second kappa shape index (κ2) is 11.5. The van der Waals surface area contributed by atoms with Crippen molar-refractivity contribution in [3.05, 3.63) is 176 Å². The molecule has 0 radical (unpaired) electrons. The van der Waals surface area contributed by atoms with Crippen LogP contribution in [0.15, 0.2) is 176 Å². The minimum absolute atomic E-state index is 1.13. The molecule has 0 unspecified atom stereocenters. The average molecular weight is 660 g/mol. The molecule has 230 valence electrons. The van der Waals surface area contributed by atoms with Crippen LogP contribution in [-0.4, -0.2) is 0 Å². The molecule has 0 amide bonds. The smallest absolute Gasteiger partial charge is 0.0476 e. The van der Waals surface area contributed by atoms with E-state index in [0.717, 1.165) is 17.1 Å². The Morgan fingerprint density at radius 2 is 0.857 bits per heavy atom. The summed E-state index contributed by atoms with van der Waals surface area (Å²) in [7, 11) is 0. The summed E-state index contributed by atoms with van der Waals surface area (Å²) in [6.07, 6.45) is 0. The zero-order valence-corrected chi connectivity index (χ0v) is 28.1. The van der Waals surface area contributed by atoms with Crippen LogP contribution in [-0.2, 0) is 0 Å². The number of nitrogens with zero attached hydrogens (tertiary/aromatic N) is 1. The number of benzene rings is 8. The molecule has 10 aromatic rings. The van der Waals surface area contributed by atoms with Crippen molar-refractivity contribution in [2.24, 2.45) is 0 Å². The Kier molecular flexibility index (Phi) is 6.61. The summed E-state index contributed by atoms with van der Waals surface area (Å²) in [6.45, 7) is 0. The Morgan fingerprint density at radius 1 is 0.286 bits per heavy atom. The summed E-state index contributed by atoms with van der Waals surface area (Å²) in [5.41, 5.74) is 8.27. The predicted octanol–water partition coefficient (Wildman–Crippen LogP) is 14.4. The first-order valence-electron chi connectivity index (χ1n) is 16.6. The van der Waals surface area contributed by atoms with E-state index in [2.05, 4.69) is 181 Å². The zero-order chi connectivity index (χ0) is 32.3. The Labute approximate surface area is 292 Å². The Bertz CT molecular complexity index is 2840. The van der Waals surface area contributed by atoms with Gasteiger partial charge in [-0.25, -0.2) is 0 Å². The molecule has 3 heteroatoms. The van der Waals surface area contributed by atoms with E-state index in [0.29, 0.717) is 0 Å². The minimum atomic E-state index is 1.13. The van der Waals surface area contributed by atoms with Gasteiger partial charge in [0.1, 0.15) is 0 Å². The quantitative estimate of drug-likeness (QED) is 0.178. The average Bonchev–Trinajstić information content (AvgIpc) is 3.73. The summed E-state index contributed by atoms with van der Waals surface area (Å²) >= 11 is 3.72. The second-order valence-electron chi connectivity index (χ2n) is 12.6. The lowest BCUT2D eigenvalue weighted by Crippen LogP contribution is -2.09. The first kappa shape index (κ1) is 28.3. The Morgan fingerprint density at radius 3 is 1.69 bits per heavy atom. The van der Waals surface area contributed by atoms with Crippen molar-refractivity contribution in [1.29, 1.82) is 0 Å². The van der Waals surface area contributed by atoms with Crippen molar-refractivity contribution in [2.75, 3.05) is 4.90 Å². The monoisotopic (exact) mass is 659 g/mol. The first-order chi connectivity index (χ1) is 24.2. The van der Waals surface area contributed by atoms with Gasteiger partial charge in [-0.1, -0.05) is 109 Å². The lowest BCUT2D eigenvalue weighted by molar-refractivity contribution is 1.29. The zero-order valence-electron chi connectivity index (χ0n) is 26.5. The molecular weight excluding hydrogens is 631 g/mol. The van der Waals surface area contributed by atoms with Crippen LogP contribution in [0, 0.1) is 0 Å². The van der Waals surface area contributed by atoms with Crippen molar-refractivity contribution in [1.82, 2.24) is 0 Å². The molecule has 0 bridgehead atoms. The summed E-state index contributed by atoms with van der Waals surface area (Å²) in [4.78, 5) is 2.40. The van der Waals surface area contributed by atoms with Gasteiger partial charge in [0, 0.05) is 57.4 Å². The minimum Gasteiger partial charge on any atom is -0.310 e. The fraction of sp³-hybridized carbons (Fsp3) is 0. The highest BCUT2D eigenvalue weighted by molar-refractivity contribution is 7.26. The number of thiophene rings is 2. The van der Waals surface area contributed by atoms with E-state index in [1.54, 1.807) is 0 Å². The van der Waals surface area contributed by atoms with Gasteiger partial charge in [-0.15, -0.1) is 22.7 Å². The second-order valence-corrected chi connectivity index (χ2v) is 14.7. The van der Waals surface area contributed by atoms with E-state index in [9.17, 15) is 0 Å². The van der Waals surface area contributed by atoms with Gasteiger partial charge in [-0.3, -0.25) is 0 Å². The van der Waals surface area contributed by atoms with Crippen LogP contribution in [0.3, 0.4) is 0 Å². The molecule has 0 N–H and O–H groups in total. The number of anilines is 3. The molecule has 0 aliphatic carbocycles. The molecule has 0 spiro atoms. The summed E-state index contributed by atoms with van der Waals surface area (Å²) in [5, 5.41) is 7.79. The highest BCUT2D eigenvalue weighted by Gasteiger charge is 2.16. The molecule has 0 aliphatic rings. The third kappa shape index (κ3) is 4.90. The van der Waals surface area contributed by atoms with Crippen LogP contribution in [0.4, 0.5) is 17.1 Å². The number of rotatable bonds is 5. The molecule has 0 atom stereocenters. The number of fused-ring (bicyclic) bond motifs is 7. The van der Waals surface area contributed by atoms with Gasteiger partial charge in [-0.05, 0) is 99.8 Å². The largest absolute Gasteiger partial charge is 0.310 e. The van der Waals surface area contributed by atoms with Crippen molar-refractivity contribution < 1.29 is 0 Å². The van der Waals surface area contributed by atoms with Crippen molar-refractivity contribution in [3.8, 4) is 22.3 Å². The number of hydrogen-bond acceptors (Lipinski definition) is 3. The molecule has 2 aromatic heterocycles. The number of hydrogen-bond donors (Lipinski definition) is 0.